The molecule has 0 radical (unpaired) electrons. The summed E-state index contributed by atoms with van der Waals surface area (Å²) in [5, 5.41) is 10.1. The minimum Gasteiger partial charge on any atom is -0.386 e. The molecule has 3 atom stereocenters. The third-order valence-corrected chi connectivity index (χ3v) is 3.04. The van der Waals surface area contributed by atoms with E-state index < -0.39 is 6.10 Å². The minimum absolute atomic E-state index is 0.0253. The van der Waals surface area contributed by atoms with Gasteiger partial charge in [0, 0.05) is 0 Å². The monoisotopic (exact) mass is 206 g/mol. The molecule has 1 aromatic carbocycles. The molecule has 1 fully saturated rings. The quantitative estimate of drug-likeness (QED) is 0.806. The average molecular weight is 206 g/mol. The molecule has 0 aromatic heterocycles. The first-order chi connectivity index (χ1) is 7.16. The maximum Gasteiger partial charge on any atom is 0.105 e. The SMILES string of the molecule is Cc1ccc(C(O)C2CCC(C)O2)cc1. The second kappa shape index (κ2) is 4.33. The van der Waals surface area contributed by atoms with Gasteiger partial charge in [0.15, 0.2) is 0 Å². The van der Waals surface area contributed by atoms with Crippen molar-refractivity contribution in [2.75, 3.05) is 0 Å². The summed E-state index contributed by atoms with van der Waals surface area (Å²) in [5.41, 5.74) is 2.17. The summed E-state index contributed by atoms with van der Waals surface area (Å²) in [6.45, 7) is 4.10. The minimum atomic E-state index is -0.476. The summed E-state index contributed by atoms with van der Waals surface area (Å²) >= 11 is 0. The Kier molecular flexibility index (Phi) is 3.08. The van der Waals surface area contributed by atoms with Gasteiger partial charge in [0.2, 0.25) is 0 Å². The Hall–Kier alpha value is -0.860. The molecule has 1 heterocycles. The van der Waals surface area contributed by atoms with Crippen molar-refractivity contribution in [2.24, 2.45) is 0 Å². The van der Waals surface area contributed by atoms with Crippen LogP contribution >= 0.6 is 0 Å². The smallest absolute Gasteiger partial charge is 0.105 e. The lowest BCUT2D eigenvalue weighted by Crippen LogP contribution is -2.18. The first kappa shape index (κ1) is 10.7. The van der Waals surface area contributed by atoms with Gasteiger partial charge in [-0.2, -0.15) is 0 Å². The summed E-state index contributed by atoms with van der Waals surface area (Å²) in [6.07, 6.45) is 1.79. The van der Waals surface area contributed by atoms with Gasteiger partial charge in [-0.05, 0) is 32.3 Å². The molecule has 15 heavy (non-hydrogen) atoms. The largest absolute Gasteiger partial charge is 0.386 e. The van der Waals surface area contributed by atoms with E-state index in [4.69, 9.17) is 4.74 Å². The van der Waals surface area contributed by atoms with E-state index in [-0.39, 0.29) is 12.2 Å². The van der Waals surface area contributed by atoms with Gasteiger partial charge in [-0.1, -0.05) is 29.8 Å². The van der Waals surface area contributed by atoms with E-state index in [0.29, 0.717) is 0 Å². The summed E-state index contributed by atoms with van der Waals surface area (Å²) < 4.78 is 5.66. The number of ether oxygens (including phenoxy) is 1. The van der Waals surface area contributed by atoms with Crippen molar-refractivity contribution >= 4 is 0 Å². The van der Waals surface area contributed by atoms with Gasteiger partial charge in [-0.25, -0.2) is 0 Å². The van der Waals surface area contributed by atoms with E-state index in [1.165, 1.54) is 5.56 Å². The van der Waals surface area contributed by atoms with Crippen LogP contribution in [-0.2, 0) is 4.74 Å². The number of benzene rings is 1. The van der Waals surface area contributed by atoms with Crippen molar-refractivity contribution in [1.82, 2.24) is 0 Å². The Morgan fingerprint density at radius 3 is 2.47 bits per heavy atom. The molecule has 2 heteroatoms. The molecule has 1 N–H and O–H groups in total. The number of hydrogen-bond acceptors (Lipinski definition) is 2. The standard InChI is InChI=1S/C13H18O2/c1-9-3-6-11(7-4-9)13(14)12-8-5-10(2)15-12/h3-4,6-7,10,12-14H,5,8H2,1-2H3. The molecule has 0 amide bonds. The van der Waals surface area contributed by atoms with Gasteiger partial charge < -0.3 is 9.84 Å². The lowest BCUT2D eigenvalue weighted by molar-refractivity contribution is -0.0297. The van der Waals surface area contributed by atoms with Gasteiger partial charge in [-0.3, -0.25) is 0 Å². The number of hydrogen-bond donors (Lipinski definition) is 1. The van der Waals surface area contributed by atoms with Crippen LogP contribution in [0.3, 0.4) is 0 Å². The van der Waals surface area contributed by atoms with Crippen LogP contribution in [0.2, 0.25) is 0 Å². The normalized spacial score (nSPS) is 27.9. The van der Waals surface area contributed by atoms with Crippen molar-refractivity contribution in [3.63, 3.8) is 0 Å². The second-order valence-corrected chi connectivity index (χ2v) is 4.42. The number of aryl methyl sites for hydroxylation is 1. The highest BCUT2D eigenvalue weighted by Gasteiger charge is 2.28. The van der Waals surface area contributed by atoms with Gasteiger partial charge in [0.05, 0.1) is 12.2 Å². The van der Waals surface area contributed by atoms with Gasteiger partial charge in [0.1, 0.15) is 6.10 Å². The van der Waals surface area contributed by atoms with E-state index >= 15 is 0 Å². The molecular formula is C13H18O2. The van der Waals surface area contributed by atoms with Crippen LogP contribution in [-0.4, -0.2) is 17.3 Å². The van der Waals surface area contributed by atoms with Crippen LogP contribution in [0.1, 0.15) is 37.0 Å². The number of aliphatic hydroxyl groups excluding tert-OH is 1. The molecule has 0 aliphatic carbocycles. The highest BCUT2D eigenvalue weighted by atomic mass is 16.5. The maximum atomic E-state index is 10.1. The lowest BCUT2D eigenvalue weighted by atomic mass is 10.0. The summed E-state index contributed by atoms with van der Waals surface area (Å²) in [5.74, 6) is 0. The Labute approximate surface area is 90.9 Å². The van der Waals surface area contributed by atoms with E-state index in [9.17, 15) is 5.11 Å². The average Bonchev–Trinajstić information content (AvgIpc) is 2.65. The second-order valence-electron chi connectivity index (χ2n) is 4.42. The molecule has 3 unspecified atom stereocenters. The Bertz CT molecular complexity index is 318. The fraction of sp³-hybridized carbons (Fsp3) is 0.538. The van der Waals surface area contributed by atoms with Gasteiger partial charge >= 0.3 is 0 Å². The molecule has 2 rings (SSSR count). The van der Waals surface area contributed by atoms with E-state index in [1.54, 1.807) is 0 Å². The lowest BCUT2D eigenvalue weighted by Gasteiger charge is -2.18. The van der Waals surface area contributed by atoms with Crippen LogP contribution in [0, 0.1) is 6.92 Å². The van der Waals surface area contributed by atoms with Crippen LogP contribution < -0.4 is 0 Å². The molecule has 2 nitrogen and oxygen atoms in total. The fourth-order valence-electron chi connectivity index (χ4n) is 2.04. The molecule has 1 aliphatic rings. The van der Waals surface area contributed by atoms with Crippen molar-refractivity contribution in [3.8, 4) is 0 Å². The first-order valence-electron chi connectivity index (χ1n) is 5.57. The Morgan fingerprint density at radius 2 is 1.93 bits per heavy atom. The maximum absolute atomic E-state index is 10.1. The Balaban J connectivity index is 2.07. The van der Waals surface area contributed by atoms with E-state index in [1.807, 2.05) is 31.2 Å². The van der Waals surface area contributed by atoms with Crippen molar-refractivity contribution in [2.45, 2.75) is 45.0 Å². The molecule has 1 saturated heterocycles. The van der Waals surface area contributed by atoms with Crippen molar-refractivity contribution in [3.05, 3.63) is 35.4 Å². The molecular weight excluding hydrogens is 188 g/mol. The van der Waals surface area contributed by atoms with E-state index in [2.05, 4.69) is 6.92 Å². The zero-order valence-corrected chi connectivity index (χ0v) is 9.31. The van der Waals surface area contributed by atoms with E-state index in [0.717, 1.165) is 18.4 Å². The highest BCUT2D eigenvalue weighted by Crippen LogP contribution is 2.29. The zero-order valence-electron chi connectivity index (χ0n) is 9.31. The molecule has 82 valence electrons. The molecule has 0 spiro atoms. The molecule has 0 bridgehead atoms. The van der Waals surface area contributed by atoms with Crippen LogP contribution in [0.15, 0.2) is 24.3 Å². The predicted molar refractivity (Wildman–Crippen MR) is 59.7 cm³/mol. The third-order valence-electron chi connectivity index (χ3n) is 3.04. The number of aliphatic hydroxyl groups is 1. The summed E-state index contributed by atoms with van der Waals surface area (Å²) in [6, 6.07) is 8.01. The van der Waals surface area contributed by atoms with Gasteiger partial charge in [0.25, 0.3) is 0 Å². The third kappa shape index (κ3) is 2.39. The highest BCUT2D eigenvalue weighted by molar-refractivity contribution is 5.23. The van der Waals surface area contributed by atoms with Crippen molar-refractivity contribution < 1.29 is 9.84 Å². The number of rotatable bonds is 2. The first-order valence-corrected chi connectivity index (χ1v) is 5.57. The zero-order chi connectivity index (χ0) is 10.8. The summed E-state index contributed by atoms with van der Waals surface area (Å²) in [4.78, 5) is 0. The summed E-state index contributed by atoms with van der Waals surface area (Å²) in [7, 11) is 0. The molecule has 1 aliphatic heterocycles. The topological polar surface area (TPSA) is 29.5 Å². The van der Waals surface area contributed by atoms with Crippen LogP contribution in [0.25, 0.3) is 0 Å². The molecule has 0 saturated carbocycles. The predicted octanol–water partition coefficient (Wildman–Crippen LogP) is 2.60. The van der Waals surface area contributed by atoms with Crippen LogP contribution in [0.4, 0.5) is 0 Å². The van der Waals surface area contributed by atoms with Gasteiger partial charge in [-0.15, -0.1) is 0 Å². The van der Waals surface area contributed by atoms with Crippen LogP contribution in [0.5, 0.6) is 0 Å². The fourth-order valence-corrected chi connectivity index (χ4v) is 2.04. The Morgan fingerprint density at radius 1 is 1.27 bits per heavy atom. The molecule has 1 aromatic rings. The van der Waals surface area contributed by atoms with Crippen molar-refractivity contribution in [1.29, 1.82) is 0 Å².